The van der Waals surface area contributed by atoms with Gasteiger partial charge in [-0.25, -0.2) is 9.97 Å². The third-order valence-corrected chi connectivity index (χ3v) is 4.08. The van der Waals surface area contributed by atoms with Crippen molar-refractivity contribution in [1.29, 1.82) is 0 Å². The lowest BCUT2D eigenvalue weighted by Gasteiger charge is -2.38. The van der Waals surface area contributed by atoms with Crippen LogP contribution in [0.15, 0.2) is 6.33 Å². The number of anilines is 1. The highest BCUT2D eigenvalue weighted by Gasteiger charge is 2.30. The molecule has 1 aliphatic carbocycles. The zero-order chi connectivity index (χ0) is 12.6. The molecule has 3 rings (SSSR count). The number of piperidine rings is 1. The Bertz CT molecular complexity index is 445. The highest BCUT2D eigenvalue weighted by Crippen LogP contribution is 2.30. The second-order valence-corrected chi connectivity index (χ2v) is 5.85. The van der Waals surface area contributed by atoms with E-state index in [0.29, 0.717) is 6.54 Å². The first kappa shape index (κ1) is 11.9. The van der Waals surface area contributed by atoms with Gasteiger partial charge in [0.2, 0.25) is 0 Å². The molecule has 1 aromatic heterocycles. The molecule has 0 saturated carbocycles. The van der Waals surface area contributed by atoms with Crippen LogP contribution in [-0.2, 0) is 12.8 Å². The summed E-state index contributed by atoms with van der Waals surface area (Å²) < 4.78 is 0. The third-order valence-electron chi connectivity index (χ3n) is 4.08. The number of hydrogen-bond donors (Lipinski definition) is 1. The number of hydrogen-bond acceptors (Lipinski definition) is 4. The van der Waals surface area contributed by atoms with E-state index in [2.05, 4.69) is 14.9 Å². The van der Waals surface area contributed by atoms with Crippen molar-refractivity contribution in [2.45, 2.75) is 51.0 Å². The Balaban J connectivity index is 1.92. The van der Waals surface area contributed by atoms with E-state index in [9.17, 15) is 5.11 Å². The van der Waals surface area contributed by atoms with E-state index in [4.69, 9.17) is 0 Å². The molecule has 4 heteroatoms. The Morgan fingerprint density at radius 1 is 1.22 bits per heavy atom. The Hall–Kier alpha value is -1.16. The molecule has 1 unspecified atom stereocenters. The number of aliphatic hydroxyl groups is 1. The van der Waals surface area contributed by atoms with Crippen LogP contribution in [0.2, 0.25) is 0 Å². The minimum Gasteiger partial charge on any atom is -0.388 e. The predicted molar refractivity (Wildman–Crippen MR) is 70.7 cm³/mol. The molecule has 1 aromatic rings. The molecule has 2 aliphatic rings. The summed E-state index contributed by atoms with van der Waals surface area (Å²) in [6.07, 6.45) is 8.24. The van der Waals surface area contributed by atoms with E-state index in [1.165, 1.54) is 24.1 Å². The fraction of sp³-hybridized carbons (Fsp3) is 0.714. The van der Waals surface area contributed by atoms with Gasteiger partial charge < -0.3 is 10.0 Å². The molecule has 1 fully saturated rings. The third kappa shape index (κ3) is 2.21. The largest absolute Gasteiger partial charge is 0.388 e. The van der Waals surface area contributed by atoms with Crippen molar-refractivity contribution in [2.24, 2.45) is 0 Å². The van der Waals surface area contributed by atoms with Crippen molar-refractivity contribution in [3.8, 4) is 0 Å². The van der Waals surface area contributed by atoms with Crippen molar-refractivity contribution >= 4 is 5.82 Å². The zero-order valence-corrected chi connectivity index (χ0v) is 11.0. The molecule has 0 bridgehead atoms. The maximum Gasteiger partial charge on any atom is 0.135 e. The molecule has 1 aliphatic heterocycles. The molecular weight excluding hydrogens is 226 g/mol. The summed E-state index contributed by atoms with van der Waals surface area (Å²) in [6.45, 7) is 3.61. The molecular formula is C14H21N3O. The average molecular weight is 247 g/mol. The Morgan fingerprint density at radius 2 is 2.06 bits per heavy atom. The van der Waals surface area contributed by atoms with E-state index < -0.39 is 5.60 Å². The number of aromatic nitrogens is 2. The summed E-state index contributed by atoms with van der Waals surface area (Å²) in [4.78, 5) is 11.1. The molecule has 1 atom stereocenters. The number of aryl methyl sites for hydroxylation is 1. The number of β-amino-alcohol motifs (C(OH)–C–C–N with tert-alkyl or cyclic N) is 1. The zero-order valence-electron chi connectivity index (χ0n) is 11.0. The first-order valence-corrected chi connectivity index (χ1v) is 6.96. The van der Waals surface area contributed by atoms with Gasteiger partial charge in [0.05, 0.1) is 5.60 Å². The number of nitrogens with zero attached hydrogens (tertiary/aromatic N) is 3. The van der Waals surface area contributed by atoms with Crippen LogP contribution in [0.3, 0.4) is 0 Å². The SMILES string of the molecule is CC1(O)CCCN(c2ncnc3c2CCCC3)C1. The summed E-state index contributed by atoms with van der Waals surface area (Å²) >= 11 is 0. The fourth-order valence-electron chi connectivity index (χ4n) is 3.18. The molecule has 4 nitrogen and oxygen atoms in total. The summed E-state index contributed by atoms with van der Waals surface area (Å²) in [5.41, 5.74) is 1.96. The van der Waals surface area contributed by atoms with Gasteiger partial charge in [-0.05, 0) is 45.4 Å². The molecule has 0 amide bonds. The van der Waals surface area contributed by atoms with Crippen molar-refractivity contribution in [3.63, 3.8) is 0 Å². The molecule has 1 N–H and O–H groups in total. The molecule has 1 saturated heterocycles. The number of rotatable bonds is 1. The van der Waals surface area contributed by atoms with E-state index in [1.54, 1.807) is 6.33 Å². The van der Waals surface area contributed by atoms with E-state index in [-0.39, 0.29) is 0 Å². The van der Waals surface area contributed by atoms with Crippen molar-refractivity contribution in [2.75, 3.05) is 18.0 Å². The van der Waals surface area contributed by atoms with Crippen LogP contribution in [0.5, 0.6) is 0 Å². The van der Waals surface area contributed by atoms with Crippen LogP contribution in [-0.4, -0.2) is 33.8 Å². The second-order valence-electron chi connectivity index (χ2n) is 5.85. The average Bonchev–Trinajstić information content (AvgIpc) is 2.37. The van der Waals surface area contributed by atoms with Gasteiger partial charge in [0.25, 0.3) is 0 Å². The van der Waals surface area contributed by atoms with Gasteiger partial charge in [-0.2, -0.15) is 0 Å². The molecule has 0 radical (unpaired) electrons. The maximum atomic E-state index is 10.2. The first-order chi connectivity index (χ1) is 8.66. The Morgan fingerprint density at radius 3 is 2.89 bits per heavy atom. The Kier molecular flexibility index (Phi) is 2.98. The minimum absolute atomic E-state index is 0.579. The van der Waals surface area contributed by atoms with Crippen LogP contribution >= 0.6 is 0 Å². The van der Waals surface area contributed by atoms with E-state index >= 15 is 0 Å². The fourth-order valence-corrected chi connectivity index (χ4v) is 3.18. The molecule has 18 heavy (non-hydrogen) atoms. The molecule has 2 heterocycles. The van der Waals surface area contributed by atoms with Gasteiger partial charge >= 0.3 is 0 Å². The van der Waals surface area contributed by atoms with Gasteiger partial charge in [0.15, 0.2) is 0 Å². The quantitative estimate of drug-likeness (QED) is 0.820. The topological polar surface area (TPSA) is 49.2 Å². The van der Waals surface area contributed by atoms with Crippen LogP contribution in [0.1, 0.15) is 43.9 Å². The molecule has 98 valence electrons. The monoisotopic (exact) mass is 247 g/mol. The van der Waals surface area contributed by atoms with Gasteiger partial charge in [-0.15, -0.1) is 0 Å². The summed E-state index contributed by atoms with van der Waals surface area (Å²) in [6, 6.07) is 0. The standard InChI is InChI=1S/C14H21N3O/c1-14(18)7-4-8-17(9-14)13-11-5-2-3-6-12(11)15-10-16-13/h10,18H,2-9H2,1H3. The molecule has 0 spiro atoms. The van der Waals surface area contributed by atoms with E-state index in [1.807, 2.05) is 6.92 Å². The number of fused-ring (bicyclic) bond motifs is 1. The van der Waals surface area contributed by atoms with Gasteiger partial charge in [0, 0.05) is 24.3 Å². The summed E-state index contributed by atoms with van der Waals surface area (Å²) in [7, 11) is 0. The van der Waals surface area contributed by atoms with Gasteiger partial charge in [-0.1, -0.05) is 0 Å². The van der Waals surface area contributed by atoms with Gasteiger partial charge in [-0.3, -0.25) is 0 Å². The maximum absolute atomic E-state index is 10.2. The van der Waals surface area contributed by atoms with Crippen LogP contribution in [0.4, 0.5) is 5.82 Å². The summed E-state index contributed by atoms with van der Waals surface area (Å²) in [5.74, 6) is 1.07. The predicted octanol–water partition coefficient (Wildman–Crippen LogP) is 1.71. The first-order valence-electron chi connectivity index (χ1n) is 6.96. The highest BCUT2D eigenvalue weighted by atomic mass is 16.3. The van der Waals surface area contributed by atoms with Crippen LogP contribution < -0.4 is 4.90 Å². The highest BCUT2D eigenvalue weighted by molar-refractivity contribution is 5.50. The summed E-state index contributed by atoms with van der Waals surface area (Å²) in [5, 5.41) is 10.2. The van der Waals surface area contributed by atoms with Gasteiger partial charge in [0.1, 0.15) is 12.1 Å². The lowest BCUT2D eigenvalue weighted by molar-refractivity contribution is 0.0446. The normalized spacial score (nSPS) is 28.0. The smallest absolute Gasteiger partial charge is 0.135 e. The van der Waals surface area contributed by atoms with Crippen molar-refractivity contribution < 1.29 is 5.11 Å². The van der Waals surface area contributed by atoms with Crippen LogP contribution in [0, 0.1) is 0 Å². The van der Waals surface area contributed by atoms with Crippen molar-refractivity contribution in [1.82, 2.24) is 9.97 Å². The second kappa shape index (κ2) is 4.50. The lowest BCUT2D eigenvalue weighted by Crippen LogP contribution is -2.47. The lowest BCUT2D eigenvalue weighted by atomic mass is 9.92. The van der Waals surface area contributed by atoms with Crippen molar-refractivity contribution in [3.05, 3.63) is 17.6 Å². The van der Waals surface area contributed by atoms with Crippen LogP contribution in [0.25, 0.3) is 0 Å². The van der Waals surface area contributed by atoms with E-state index in [0.717, 1.165) is 38.0 Å². The molecule has 0 aromatic carbocycles. The Labute approximate surface area is 108 Å². The minimum atomic E-state index is -0.579.